The van der Waals surface area contributed by atoms with Crippen molar-refractivity contribution >= 4 is 11.9 Å². The molecule has 0 aliphatic rings. The fraction of sp³-hybridized carbons (Fsp3) is 0.923. The largest absolute Gasteiger partial charge is 0.481 e. The summed E-state index contributed by atoms with van der Waals surface area (Å²) in [6.07, 6.45) is -2.42. The van der Waals surface area contributed by atoms with Crippen LogP contribution in [-0.2, 0) is 52.2 Å². The van der Waals surface area contributed by atoms with Crippen LogP contribution in [-0.4, -0.2) is 106 Å². The average molecular weight is 571 g/mol. The molecule has 232 valence electrons. The Labute approximate surface area is 232 Å². The van der Waals surface area contributed by atoms with Crippen LogP contribution in [0.4, 0.5) is 0 Å². The van der Waals surface area contributed by atoms with Crippen molar-refractivity contribution in [3.8, 4) is 0 Å². The zero-order chi connectivity index (χ0) is 30.2. The Kier molecular flexibility index (Phi) is 17.4. The molecule has 0 aliphatic carbocycles. The third kappa shape index (κ3) is 7.46. The van der Waals surface area contributed by atoms with Crippen molar-refractivity contribution in [3.05, 3.63) is 0 Å². The SMILES string of the molecule is CCOC(OCC)C(OC)(OCC)C(CCCC(=O)O)(C(=O)O)C(OC)(OCC)C(OCC)(OCC)OCC. The molecule has 0 saturated carbocycles. The average Bonchev–Trinajstić information content (AvgIpc) is 2.89. The lowest BCUT2D eigenvalue weighted by molar-refractivity contribution is -0.539. The summed E-state index contributed by atoms with van der Waals surface area (Å²) in [6, 6.07) is 0. The van der Waals surface area contributed by atoms with E-state index < -0.39 is 47.6 Å². The highest BCUT2D eigenvalue weighted by Gasteiger charge is 2.82. The van der Waals surface area contributed by atoms with E-state index in [-0.39, 0.29) is 59.1 Å². The highest BCUT2D eigenvalue weighted by atomic mass is 16.9. The summed E-state index contributed by atoms with van der Waals surface area (Å²) >= 11 is 0. The Morgan fingerprint density at radius 3 is 1.44 bits per heavy atom. The van der Waals surface area contributed by atoms with Crippen molar-refractivity contribution in [1.29, 1.82) is 0 Å². The third-order valence-electron chi connectivity index (χ3n) is 6.11. The number of hydrogen-bond acceptors (Lipinski definition) is 11. The van der Waals surface area contributed by atoms with Crippen molar-refractivity contribution < 1.29 is 62.4 Å². The minimum atomic E-state index is -2.49. The Balaban J connectivity index is 8.31. The van der Waals surface area contributed by atoms with Crippen LogP contribution in [0, 0.1) is 5.41 Å². The third-order valence-corrected chi connectivity index (χ3v) is 6.11. The van der Waals surface area contributed by atoms with Gasteiger partial charge in [0.2, 0.25) is 12.1 Å². The fourth-order valence-electron chi connectivity index (χ4n) is 4.99. The van der Waals surface area contributed by atoms with Crippen LogP contribution in [0.2, 0.25) is 0 Å². The first-order valence-electron chi connectivity index (χ1n) is 13.5. The van der Waals surface area contributed by atoms with Crippen LogP contribution in [0.25, 0.3) is 0 Å². The van der Waals surface area contributed by atoms with Crippen molar-refractivity contribution in [2.24, 2.45) is 5.41 Å². The summed E-state index contributed by atoms with van der Waals surface area (Å²) in [5.74, 6) is -9.74. The van der Waals surface area contributed by atoms with Crippen molar-refractivity contribution in [1.82, 2.24) is 0 Å². The molecule has 0 bridgehead atoms. The Morgan fingerprint density at radius 1 is 0.667 bits per heavy atom. The molecular weight excluding hydrogens is 520 g/mol. The van der Waals surface area contributed by atoms with Crippen LogP contribution >= 0.6 is 0 Å². The zero-order valence-corrected chi connectivity index (χ0v) is 25.0. The van der Waals surface area contributed by atoms with Gasteiger partial charge in [0.1, 0.15) is 0 Å². The molecule has 0 heterocycles. The molecule has 13 heteroatoms. The summed E-state index contributed by atoms with van der Waals surface area (Å²) in [6.45, 7) is 11.7. The lowest BCUT2D eigenvalue weighted by atomic mass is 9.65. The fourth-order valence-corrected chi connectivity index (χ4v) is 4.99. The number of carbonyl (C=O) groups is 2. The molecule has 0 radical (unpaired) electrons. The minimum absolute atomic E-state index is 0.00201. The van der Waals surface area contributed by atoms with Crippen LogP contribution in [0.5, 0.6) is 0 Å². The molecule has 0 saturated heterocycles. The predicted molar refractivity (Wildman–Crippen MR) is 139 cm³/mol. The van der Waals surface area contributed by atoms with Crippen molar-refractivity contribution in [2.45, 2.75) is 91.6 Å². The van der Waals surface area contributed by atoms with E-state index in [4.69, 9.17) is 42.6 Å². The summed E-state index contributed by atoms with van der Waals surface area (Å²) in [4.78, 5) is 25.5. The van der Waals surface area contributed by atoms with Crippen molar-refractivity contribution in [2.75, 3.05) is 60.5 Å². The van der Waals surface area contributed by atoms with Gasteiger partial charge in [-0.2, -0.15) is 0 Å². The normalized spacial score (nSPS) is 17.0. The second-order valence-corrected chi connectivity index (χ2v) is 8.11. The maximum atomic E-state index is 13.9. The van der Waals surface area contributed by atoms with Gasteiger partial charge in [-0.3, -0.25) is 9.59 Å². The molecule has 13 nitrogen and oxygen atoms in total. The maximum Gasteiger partial charge on any atom is 0.342 e. The van der Waals surface area contributed by atoms with E-state index in [1.54, 1.807) is 48.5 Å². The van der Waals surface area contributed by atoms with E-state index in [1.165, 1.54) is 14.2 Å². The molecule has 0 spiro atoms. The van der Waals surface area contributed by atoms with Crippen LogP contribution < -0.4 is 0 Å². The molecule has 3 unspecified atom stereocenters. The summed E-state index contributed by atoms with van der Waals surface area (Å²) in [5.41, 5.74) is -2.49. The molecule has 0 aromatic rings. The molecular formula is C26H50O13. The Morgan fingerprint density at radius 2 is 1.13 bits per heavy atom. The van der Waals surface area contributed by atoms with E-state index in [1.807, 2.05) is 0 Å². The summed E-state index contributed by atoms with van der Waals surface area (Å²) in [5, 5.41) is 20.8. The number of carboxylic acids is 2. The topological polar surface area (TPSA) is 158 Å². The monoisotopic (exact) mass is 570 g/mol. The summed E-state index contributed by atoms with van der Waals surface area (Å²) in [7, 11) is 2.46. The zero-order valence-electron chi connectivity index (χ0n) is 25.0. The van der Waals surface area contributed by atoms with E-state index in [0.717, 1.165) is 0 Å². The van der Waals surface area contributed by atoms with E-state index >= 15 is 0 Å². The van der Waals surface area contributed by atoms with Gasteiger partial charge < -0.3 is 52.8 Å². The van der Waals surface area contributed by atoms with Crippen molar-refractivity contribution in [3.63, 3.8) is 0 Å². The lowest BCUT2D eigenvalue weighted by Gasteiger charge is -2.59. The van der Waals surface area contributed by atoms with Gasteiger partial charge >= 0.3 is 17.9 Å². The van der Waals surface area contributed by atoms with E-state index in [2.05, 4.69) is 0 Å². The molecule has 0 amide bonds. The highest BCUT2D eigenvalue weighted by Crippen LogP contribution is 2.58. The number of aliphatic carboxylic acids is 2. The van der Waals surface area contributed by atoms with Gasteiger partial charge in [0.25, 0.3) is 5.79 Å². The van der Waals surface area contributed by atoms with Gasteiger partial charge in [-0.25, -0.2) is 0 Å². The number of rotatable bonds is 25. The second kappa shape index (κ2) is 18.1. The van der Waals surface area contributed by atoms with Gasteiger partial charge in [-0.05, 0) is 61.3 Å². The molecule has 0 fully saturated rings. The first-order chi connectivity index (χ1) is 18.6. The molecule has 0 rings (SSSR count). The standard InChI is InChI=1S/C26H50O13/c1-10-33-22(34-11-2)24(31-8,35-12-3)23(21(29)30,19-17-18-20(27)28)25(32-9,36-13-4)26(37-14-5,38-15-6)39-16-7/h22H,10-19H2,1-9H3,(H,27,28)(H,29,30). The molecule has 0 aromatic heterocycles. The van der Waals surface area contributed by atoms with Crippen LogP contribution in [0.1, 0.15) is 67.7 Å². The van der Waals surface area contributed by atoms with Gasteiger partial charge in [0, 0.05) is 66.9 Å². The minimum Gasteiger partial charge on any atom is -0.481 e. The Bertz CT molecular complexity index is 682. The summed E-state index contributed by atoms with van der Waals surface area (Å²) < 4.78 is 54.4. The smallest absolute Gasteiger partial charge is 0.342 e. The first-order valence-corrected chi connectivity index (χ1v) is 13.5. The lowest BCUT2D eigenvalue weighted by Crippen LogP contribution is -2.80. The van der Waals surface area contributed by atoms with Crippen LogP contribution in [0.3, 0.4) is 0 Å². The van der Waals surface area contributed by atoms with E-state index in [0.29, 0.717) is 0 Å². The highest BCUT2D eigenvalue weighted by molar-refractivity contribution is 5.78. The van der Waals surface area contributed by atoms with Gasteiger partial charge in [-0.15, -0.1) is 0 Å². The van der Waals surface area contributed by atoms with Gasteiger partial charge in [-0.1, -0.05) is 0 Å². The number of ether oxygens (including phenoxy) is 9. The quantitative estimate of drug-likeness (QED) is 0.154. The van der Waals surface area contributed by atoms with E-state index in [9.17, 15) is 19.8 Å². The number of carboxylic acid groups (broad SMARTS) is 2. The molecule has 0 aromatic carbocycles. The molecule has 39 heavy (non-hydrogen) atoms. The van der Waals surface area contributed by atoms with Crippen LogP contribution in [0.15, 0.2) is 0 Å². The van der Waals surface area contributed by atoms with Gasteiger partial charge in [0.05, 0.1) is 0 Å². The molecule has 0 aliphatic heterocycles. The predicted octanol–water partition coefficient (Wildman–Crippen LogP) is 3.23. The maximum absolute atomic E-state index is 13.9. The molecule has 3 atom stereocenters. The van der Waals surface area contributed by atoms with Gasteiger partial charge in [0.15, 0.2) is 5.41 Å². The molecule has 2 N–H and O–H groups in total. The second-order valence-electron chi connectivity index (χ2n) is 8.11. The Hall–Kier alpha value is -1.42. The first kappa shape index (κ1) is 37.6. The number of methoxy groups -OCH3 is 2. The number of hydrogen-bond donors (Lipinski definition) is 2.